The van der Waals surface area contributed by atoms with Gasteiger partial charge < -0.3 is 5.32 Å². The Morgan fingerprint density at radius 3 is 2.83 bits per heavy atom. The maximum atomic E-state index is 4.63. The second kappa shape index (κ2) is 6.73. The highest BCUT2D eigenvalue weighted by atomic mass is 15.4. The summed E-state index contributed by atoms with van der Waals surface area (Å²) >= 11 is 0. The molecule has 120 valence electrons. The summed E-state index contributed by atoms with van der Waals surface area (Å²) in [6, 6.07) is 5.91. The minimum absolute atomic E-state index is 0.550. The van der Waals surface area contributed by atoms with Crippen molar-refractivity contribution in [2.45, 2.75) is 33.6 Å². The molecule has 3 rings (SSSR count). The van der Waals surface area contributed by atoms with E-state index in [2.05, 4.69) is 52.2 Å². The van der Waals surface area contributed by atoms with Crippen LogP contribution >= 0.6 is 0 Å². The fourth-order valence-corrected chi connectivity index (χ4v) is 2.35. The van der Waals surface area contributed by atoms with Crippen molar-refractivity contribution in [3.05, 3.63) is 36.3 Å². The second-order valence-corrected chi connectivity index (χ2v) is 6.05. The highest BCUT2D eigenvalue weighted by Gasteiger charge is 2.12. The van der Waals surface area contributed by atoms with Crippen LogP contribution in [-0.4, -0.2) is 31.1 Å². The molecule has 6 heteroatoms. The number of aromatic nitrogens is 5. The van der Waals surface area contributed by atoms with Crippen molar-refractivity contribution in [1.82, 2.24) is 24.6 Å². The molecule has 0 aliphatic heterocycles. The number of fused-ring (bicyclic) bond motifs is 1. The summed E-state index contributed by atoms with van der Waals surface area (Å²) in [4.78, 5) is 13.3. The molecule has 1 N–H and O–H groups in total. The van der Waals surface area contributed by atoms with Crippen LogP contribution in [0.2, 0.25) is 0 Å². The Hall–Kier alpha value is -2.50. The van der Waals surface area contributed by atoms with Crippen molar-refractivity contribution in [1.29, 1.82) is 0 Å². The Morgan fingerprint density at radius 2 is 2.13 bits per heavy atom. The van der Waals surface area contributed by atoms with Crippen LogP contribution in [0, 0.1) is 5.92 Å². The standard InChI is InChI=1S/C17H22N6/c1-4-6-14-9-15(19-10-12(2)3)23-17(20-14)21-16(22-23)13-7-5-8-18-11-13/h5,7-9,11-12,19H,4,6,10H2,1-3H3. The van der Waals surface area contributed by atoms with Crippen LogP contribution in [0.4, 0.5) is 5.82 Å². The minimum atomic E-state index is 0.550. The molecule has 3 aromatic heterocycles. The van der Waals surface area contributed by atoms with Crippen molar-refractivity contribution < 1.29 is 0 Å². The third kappa shape index (κ3) is 3.47. The quantitative estimate of drug-likeness (QED) is 0.757. The van der Waals surface area contributed by atoms with E-state index in [-0.39, 0.29) is 0 Å². The summed E-state index contributed by atoms with van der Waals surface area (Å²) < 4.78 is 1.78. The predicted octanol–water partition coefficient (Wildman–Crippen LogP) is 3.21. The molecule has 0 aromatic carbocycles. The van der Waals surface area contributed by atoms with Gasteiger partial charge in [-0.25, -0.2) is 4.98 Å². The molecule has 0 aliphatic rings. The number of anilines is 1. The summed E-state index contributed by atoms with van der Waals surface area (Å²) in [6.07, 6.45) is 5.49. The molecular formula is C17H22N6. The normalized spacial score (nSPS) is 11.3. The molecule has 3 aromatic rings. The Morgan fingerprint density at radius 1 is 1.26 bits per heavy atom. The first-order valence-electron chi connectivity index (χ1n) is 8.08. The van der Waals surface area contributed by atoms with Crippen LogP contribution in [0.3, 0.4) is 0 Å². The van der Waals surface area contributed by atoms with Gasteiger partial charge in [0.05, 0.1) is 0 Å². The largest absolute Gasteiger partial charge is 0.370 e. The molecule has 0 spiro atoms. The molecule has 6 nitrogen and oxygen atoms in total. The van der Waals surface area contributed by atoms with E-state index in [9.17, 15) is 0 Å². The number of rotatable bonds is 6. The number of hydrogen-bond donors (Lipinski definition) is 1. The van der Waals surface area contributed by atoms with Crippen LogP contribution in [0.25, 0.3) is 17.2 Å². The highest BCUT2D eigenvalue weighted by Crippen LogP contribution is 2.18. The third-order valence-corrected chi connectivity index (χ3v) is 3.48. The summed E-state index contributed by atoms with van der Waals surface area (Å²) in [7, 11) is 0. The van der Waals surface area contributed by atoms with E-state index >= 15 is 0 Å². The monoisotopic (exact) mass is 310 g/mol. The smallest absolute Gasteiger partial charge is 0.254 e. The lowest BCUT2D eigenvalue weighted by atomic mass is 10.2. The van der Waals surface area contributed by atoms with Gasteiger partial charge in [0.2, 0.25) is 0 Å². The first kappa shape index (κ1) is 15.4. The summed E-state index contributed by atoms with van der Waals surface area (Å²) in [5, 5.41) is 8.06. The van der Waals surface area contributed by atoms with Gasteiger partial charge in [0.1, 0.15) is 5.82 Å². The van der Waals surface area contributed by atoms with Crippen molar-refractivity contribution in [3.8, 4) is 11.4 Å². The van der Waals surface area contributed by atoms with Crippen molar-refractivity contribution in [3.63, 3.8) is 0 Å². The second-order valence-electron chi connectivity index (χ2n) is 6.05. The zero-order valence-corrected chi connectivity index (χ0v) is 13.8. The zero-order chi connectivity index (χ0) is 16.2. The Kier molecular flexibility index (Phi) is 4.50. The van der Waals surface area contributed by atoms with E-state index in [4.69, 9.17) is 0 Å². The van der Waals surface area contributed by atoms with E-state index in [0.29, 0.717) is 17.5 Å². The van der Waals surface area contributed by atoms with Crippen molar-refractivity contribution >= 4 is 11.6 Å². The van der Waals surface area contributed by atoms with Gasteiger partial charge in [0, 0.05) is 36.3 Å². The molecule has 0 unspecified atom stereocenters. The van der Waals surface area contributed by atoms with Gasteiger partial charge in [-0.05, 0) is 24.5 Å². The highest BCUT2D eigenvalue weighted by molar-refractivity contribution is 5.57. The Bertz CT molecular complexity index is 778. The van der Waals surface area contributed by atoms with Crippen LogP contribution in [0.15, 0.2) is 30.6 Å². The summed E-state index contributed by atoms with van der Waals surface area (Å²) in [6.45, 7) is 7.40. The zero-order valence-electron chi connectivity index (χ0n) is 13.8. The Balaban J connectivity index is 2.05. The minimum Gasteiger partial charge on any atom is -0.370 e. The summed E-state index contributed by atoms with van der Waals surface area (Å²) in [5.41, 5.74) is 1.93. The fraction of sp³-hybridized carbons (Fsp3) is 0.412. The Labute approximate surface area is 136 Å². The molecular weight excluding hydrogens is 288 g/mol. The fourth-order valence-electron chi connectivity index (χ4n) is 2.35. The van der Waals surface area contributed by atoms with Gasteiger partial charge in [-0.15, -0.1) is 5.10 Å². The molecule has 0 bridgehead atoms. The van der Waals surface area contributed by atoms with E-state index in [1.807, 2.05) is 12.1 Å². The molecule has 0 saturated heterocycles. The lowest BCUT2D eigenvalue weighted by molar-refractivity contribution is 0.683. The predicted molar refractivity (Wildman–Crippen MR) is 91.3 cm³/mol. The van der Waals surface area contributed by atoms with Gasteiger partial charge in [-0.2, -0.15) is 9.50 Å². The van der Waals surface area contributed by atoms with Gasteiger partial charge in [0.15, 0.2) is 5.82 Å². The van der Waals surface area contributed by atoms with E-state index in [1.54, 1.807) is 16.9 Å². The number of pyridine rings is 1. The topological polar surface area (TPSA) is 68.0 Å². The molecule has 0 aliphatic carbocycles. The molecule has 0 fully saturated rings. The van der Waals surface area contributed by atoms with Crippen molar-refractivity contribution in [2.24, 2.45) is 5.92 Å². The first-order valence-corrected chi connectivity index (χ1v) is 8.08. The van der Waals surface area contributed by atoms with Crippen LogP contribution in [0.5, 0.6) is 0 Å². The maximum absolute atomic E-state index is 4.63. The summed E-state index contributed by atoms with van der Waals surface area (Å²) in [5.74, 6) is 2.76. The molecule has 0 amide bonds. The average Bonchev–Trinajstić information content (AvgIpc) is 2.98. The van der Waals surface area contributed by atoms with Gasteiger partial charge in [-0.3, -0.25) is 4.98 Å². The van der Waals surface area contributed by atoms with Crippen LogP contribution < -0.4 is 5.32 Å². The molecule has 23 heavy (non-hydrogen) atoms. The molecule has 0 radical (unpaired) electrons. The van der Waals surface area contributed by atoms with E-state index in [0.717, 1.165) is 36.5 Å². The first-order chi connectivity index (χ1) is 11.2. The number of hydrogen-bond acceptors (Lipinski definition) is 5. The maximum Gasteiger partial charge on any atom is 0.254 e. The van der Waals surface area contributed by atoms with E-state index < -0.39 is 0 Å². The van der Waals surface area contributed by atoms with Crippen molar-refractivity contribution in [2.75, 3.05) is 11.9 Å². The lowest BCUT2D eigenvalue weighted by Gasteiger charge is -2.11. The number of aryl methyl sites for hydroxylation is 1. The van der Waals surface area contributed by atoms with Gasteiger partial charge in [0.25, 0.3) is 5.78 Å². The average molecular weight is 310 g/mol. The lowest BCUT2D eigenvalue weighted by Crippen LogP contribution is -2.12. The van der Waals surface area contributed by atoms with Crippen LogP contribution in [0.1, 0.15) is 32.9 Å². The number of nitrogens with zero attached hydrogens (tertiary/aromatic N) is 5. The molecule has 0 atom stereocenters. The molecule has 0 saturated carbocycles. The van der Waals surface area contributed by atoms with Gasteiger partial charge in [-0.1, -0.05) is 27.2 Å². The SMILES string of the molecule is CCCc1cc(NCC(C)C)n2nc(-c3cccnc3)nc2n1. The third-order valence-electron chi connectivity index (χ3n) is 3.48. The van der Waals surface area contributed by atoms with Crippen LogP contribution in [-0.2, 0) is 6.42 Å². The van der Waals surface area contributed by atoms with E-state index in [1.165, 1.54) is 0 Å². The molecule has 3 heterocycles. The van der Waals surface area contributed by atoms with Gasteiger partial charge >= 0.3 is 0 Å². The number of nitrogens with one attached hydrogen (secondary N) is 1.